The Balaban J connectivity index is 2.46. The molecule has 2 nitrogen and oxygen atoms in total. The molecule has 0 fully saturated rings. The van der Waals surface area contributed by atoms with Gasteiger partial charge in [-0.1, -0.05) is 25.1 Å². The molecule has 1 N–H and O–H groups in total. The van der Waals surface area contributed by atoms with Gasteiger partial charge in [-0.2, -0.15) is 0 Å². The Morgan fingerprint density at radius 2 is 2.05 bits per heavy atom. The molecule has 0 aliphatic carbocycles. The van der Waals surface area contributed by atoms with E-state index in [-0.39, 0.29) is 5.82 Å². The Hall–Kier alpha value is -0.930. The van der Waals surface area contributed by atoms with Gasteiger partial charge < -0.3 is 10.1 Å². The van der Waals surface area contributed by atoms with Crippen LogP contribution >= 0.6 is 0 Å². The lowest BCUT2D eigenvalue weighted by Crippen LogP contribution is -2.32. The predicted molar refractivity (Wildman–Crippen MR) is 77.9 cm³/mol. The maximum absolute atomic E-state index is 13.7. The summed E-state index contributed by atoms with van der Waals surface area (Å²) in [6, 6.07) is 7.38. The number of rotatable bonds is 10. The average Bonchev–Trinajstić information content (AvgIpc) is 2.43. The van der Waals surface area contributed by atoms with Gasteiger partial charge in [0.2, 0.25) is 0 Å². The zero-order valence-corrected chi connectivity index (χ0v) is 12.1. The van der Waals surface area contributed by atoms with Crippen LogP contribution in [0.15, 0.2) is 24.3 Å². The van der Waals surface area contributed by atoms with Gasteiger partial charge in [-0.3, -0.25) is 0 Å². The minimum atomic E-state index is -0.101. The summed E-state index contributed by atoms with van der Waals surface area (Å²) in [7, 11) is 0. The molecule has 0 saturated carbocycles. The summed E-state index contributed by atoms with van der Waals surface area (Å²) in [5.41, 5.74) is 0.799. The Bertz CT molecular complexity index is 343. The Labute approximate surface area is 116 Å². The van der Waals surface area contributed by atoms with Crippen LogP contribution in [-0.2, 0) is 11.2 Å². The predicted octanol–water partition coefficient (Wildman–Crippen LogP) is 3.55. The van der Waals surface area contributed by atoms with Crippen LogP contribution in [0.4, 0.5) is 4.39 Å². The van der Waals surface area contributed by atoms with E-state index in [9.17, 15) is 4.39 Å². The summed E-state index contributed by atoms with van der Waals surface area (Å²) in [6.45, 7) is 6.69. The van der Waals surface area contributed by atoms with E-state index in [0.29, 0.717) is 6.04 Å². The minimum Gasteiger partial charge on any atom is -0.382 e. The minimum absolute atomic E-state index is 0.101. The average molecular weight is 267 g/mol. The molecular formula is C16H26FNO. The molecule has 0 amide bonds. The summed E-state index contributed by atoms with van der Waals surface area (Å²) in [4.78, 5) is 0. The van der Waals surface area contributed by atoms with Gasteiger partial charge >= 0.3 is 0 Å². The molecule has 1 aromatic carbocycles. The first-order valence-electron chi connectivity index (χ1n) is 7.32. The zero-order chi connectivity index (χ0) is 13.9. The normalized spacial score (nSPS) is 12.6. The van der Waals surface area contributed by atoms with Crippen LogP contribution in [0.3, 0.4) is 0 Å². The van der Waals surface area contributed by atoms with Crippen molar-refractivity contribution < 1.29 is 9.13 Å². The smallest absolute Gasteiger partial charge is 0.126 e. The second-order valence-electron chi connectivity index (χ2n) is 4.79. The van der Waals surface area contributed by atoms with E-state index >= 15 is 0 Å². The van der Waals surface area contributed by atoms with Crippen molar-refractivity contribution in [2.24, 2.45) is 0 Å². The van der Waals surface area contributed by atoms with Crippen LogP contribution in [0, 0.1) is 5.82 Å². The summed E-state index contributed by atoms with van der Waals surface area (Å²) in [5.74, 6) is -0.101. The van der Waals surface area contributed by atoms with Gasteiger partial charge in [-0.15, -0.1) is 0 Å². The molecule has 0 radical (unpaired) electrons. The van der Waals surface area contributed by atoms with Crippen LogP contribution in [0.2, 0.25) is 0 Å². The van der Waals surface area contributed by atoms with Gasteiger partial charge in [0.15, 0.2) is 0 Å². The highest BCUT2D eigenvalue weighted by atomic mass is 19.1. The third-order valence-electron chi connectivity index (χ3n) is 3.15. The van der Waals surface area contributed by atoms with Crippen LogP contribution in [0.1, 0.15) is 38.7 Å². The molecule has 1 atom stereocenters. The van der Waals surface area contributed by atoms with Crippen molar-refractivity contribution in [3.05, 3.63) is 35.6 Å². The van der Waals surface area contributed by atoms with Crippen molar-refractivity contribution in [2.45, 2.75) is 45.6 Å². The molecule has 3 heteroatoms. The molecule has 0 aromatic heterocycles. The van der Waals surface area contributed by atoms with Crippen molar-refractivity contribution in [3.63, 3.8) is 0 Å². The number of hydrogen-bond donors (Lipinski definition) is 1. The topological polar surface area (TPSA) is 21.3 Å². The standard InChI is InChI=1S/C16H26FNO/c1-3-11-18-15(9-7-12-19-4-2)13-14-8-5-6-10-16(14)17/h5-6,8,10,15,18H,3-4,7,9,11-13H2,1-2H3. The molecule has 0 spiro atoms. The number of halogens is 1. The van der Waals surface area contributed by atoms with Crippen LogP contribution in [-0.4, -0.2) is 25.8 Å². The molecule has 108 valence electrons. The lowest BCUT2D eigenvalue weighted by atomic mass is 10.0. The lowest BCUT2D eigenvalue weighted by molar-refractivity contribution is 0.140. The van der Waals surface area contributed by atoms with Crippen molar-refractivity contribution >= 4 is 0 Å². The Morgan fingerprint density at radius 3 is 2.74 bits per heavy atom. The van der Waals surface area contributed by atoms with Gasteiger partial charge in [0, 0.05) is 19.3 Å². The molecule has 1 unspecified atom stereocenters. The zero-order valence-electron chi connectivity index (χ0n) is 12.1. The van der Waals surface area contributed by atoms with Crippen LogP contribution < -0.4 is 5.32 Å². The molecule has 0 saturated heterocycles. The van der Waals surface area contributed by atoms with Crippen molar-refractivity contribution in [3.8, 4) is 0 Å². The van der Waals surface area contributed by atoms with Crippen molar-refractivity contribution in [1.82, 2.24) is 5.32 Å². The Morgan fingerprint density at radius 1 is 1.26 bits per heavy atom. The van der Waals surface area contributed by atoms with E-state index in [1.807, 2.05) is 19.1 Å². The second-order valence-corrected chi connectivity index (χ2v) is 4.79. The Kier molecular flexibility index (Phi) is 8.43. The van der Waals surface area contributed by atoms with Gasteiger partial charge in [0.05, 0.1) is 0 Å². The molecule has 0 heterocycles. The summed E-state index contributed by atoms with van der Waals surface area (Å²) >= 11 is 0. The fraction of sp³-hybridized carbons (Fsp3) is 0.625. The third kappa shape index (κ3) is 6.69. The van der Waals surface area contributed by atoms with Crippen LogP contribution in [0.25, 0.3) is 0 Å². The van der Waals surface area contributed by atoms with Gasteiger partial charge in [0.25, 0.3) is 0 Å². The number of nitrogens with one attached hydrogen (secondary N) is 1. The quantitative estimate of drug-likeness (QED) is 0.655. The van der Waals surface area contributed by atoms with E-state index in [2.05, 4.69) is 12.2 Å². The fourth-order valence-electron chi connectivity index (χ4n) is 2.13. The highest BCUT2D eigenvalue weighted by Crippen LogP contribution is 2.12. The summed E-state index contributed by atoms with van der Waals surface area (Å²) < 4.78 is 19.0. The monoisotopic (exact) mass is 267 g/mol. The highest BCUT2D eigenvalue weighted by Gasteiger charge is 2.11. The molecule has 0 aliphatic rings. The fourth-order valence-corrected chi connectivity index (χ4v) is 2.13. The van der Waals surface area contributed by atoms with E-state index in [4.69, 9.17) is 4.74 Å². The summed E-state index contributed by atoms with van der Waals surface area (Å²) in [5, 5.41) is 3.50. The lowest BCUT2D eigenvalue weighted by Gasteiger charge is -2.19. The highest BCUT2D eigenvalue weighted by molar-refractivity contribution is 5.18. The molecule has 0 bridgehead atoms. The third-order valence-corrected chi connectivity index (χ3v) is 3.15. The van der Waals surface area contributed by atoms with Gasteiger partial charge in [-0.25, -0.2) is 4.39 Å². The largest absolute Gasteiger partial charge is 0.382 e. The van der Waals surface area contributed by atoms with E-state index in [0.717, 1.165) is 51.0 Å². The molecule has 1 aromatic rings. The number of ether oxygens (including phenoxy) is 1. The van der Waals surface area contributed by atoms with Crippen molar-refractivity contribution in [1.29, 1.82) is 0 Å². The number of hydrogen-bond acceptors (Lipinski definition) is 2. The molecule has 19 heavy (non-hydrogen) atoms. The first-order valence-corrected chi connectivity index (χ1v) is 7.32. The second kappa shape index (κ2) is 9.93. The van der Waals surface area contributed by atoms with Crippen LogP contribution in [0.5, 0.6) is 0 Å². The first-order chi connectivity index (χ1) is 9.27. The molecule has 0 aliphatic heterocycles. The maximum atomic E-state index is 13.7. The van der Waals surface area contributed by atoms with E-state index < -0.39 is 0 Å². The number of benzene rings is 1. The SMILES string of the molecule is CCCNC(CCCOCC)Cc1ccccc1F. The van der Waals surface area contributed by atoms with Gasteiger partial charge in [-0.05, 0) is 50.8 Å². The van der Waals surface area contributed by atoms with Crippen molar-refractivity contribution in [2.75, 3.05) is 19.8 Å². The molecule has 1 rings (SSSR count). The summed E-state index contributed by atoms with van der Waals surface area (Å²) in [6.07, 6.45) is 3.88. The maximum Gasteiger partial charge on any atom is 0.126 e. The molecular weight excluding hydrogens is 241 g/mol. The van der Waals surface area contributed by atoms with E-state index in [1.165, 1.54) is 6.07 Å². The first kappa shape index (κ1) is 16.1. The van der Waals surface area contributed by atoms with Gasteiger partial charge in [0.1, 0.15) is 5.82 Å². The van der Waals surface area contributed by atoms with E-state index in [1.54, 1.807) is 6.07 Å².